The maximum Gasteiger partial charge on any atom is 0.222 e. The van der Waals surface area contributed by atoms with Crippen molar-refractivity contribution in [3.05, 3.63) is 17.0 Å². The predicted molar refractivity (Wildman–Crippen MR) is 84.8 cm³/mol. The van der Waals surface area contributed by atoms with Crippen LogP contribution in [-0.4, -0.2) is 46.9 Å². The van der Waals surface area contributed by atoms with E-state index in [2.05, 4.69) is 35.5 Å². The molecular weight excluding hydrogens is 278 g/mol. The molecule has 1 atom stereocenters. The molecule has 122 valence electrons. The Labute approximate surface area is 132 Å². The van der Waals surface area contributed by atoms with Crippen LogP contribution in [-0.2, 0) is 22.5 Å². The second-order valence-corrected chi connectivity index (χ2v) is 6.83. The summed E-state index contributed by atoms with van der Waals surface area (Å²) in [6.07, 6.45) is 3.67. The van der Waals surface area contributed by atoms with E-state index in [4.69, 9.17) is 4.74 Å². The minimum atomic E-state index is 0.228. The van der Waals surface area contributed by atoms with Crippen molar-refractivity contribution in [1.82, 2.24) is 14.7 Å². The SMILES string of the molecule is CCn1nc(C)c(CCN2C[C@]3(CCOC3)CCC2=O)c1C. The van der Waals surface area contributed by atoms with Gasteiger partial charge in [0.25, 0.3) is 0 Å². The van der Waals surface area contributed by atoms with Gasteiger partial charge in [0.2, 0.25) is 5.91 Å². The second kappa shape index (κ2) is 6.03. The summed E-state index contributed by atoms with van der Waals surface area (Å²) in [4.78, 5) is 14.3. The van der Waals surface area contributed by atoms with E-state index in [0.717, 1.165) is 57.8 Å². The van der Waals surface area contributed by atoms with E-state index in [1.807, 2.05) is 0 Å². The smallest absolute Gasteiger partial charge is 0.222 e. The lowest BCUT2D eigenvalue weighted by molar-refractivity contribution is -0.137. The molecule has 5 nitrogen and oxygen atoms in total. The van der Waals surface area contributed by atoms with Crippen molar-refractivity contribution in [3.8, 4) is 0 Å². The fraction of sp³-hybridized carbons (Fsp3) is 0.765. The van der Waals surface area contributed by atoms with E-state index in [1.165, 1.54) is 11.3 Å². The van der Waals surface area contributed by atoms with Crippen molar-refractivity contribution in [3.63, 3.8) is 0 Å². The summed E-state index contributed by atoms with van der Waals surface area (Å²) >= 11 is 0. The number of ether oxygens (including phenoxy) is 1. The van der Waals surface area contributed by atoms with Crippen LogP contribution in [0.15, 0.2) is 0 Å². The van der Waals surface area contributed by atoms with Crippen molar-refractivity contribution in [1.29, 1.82) is 0 Å². The fourth-order valence-electron chi connectivity index (χ4n) is 3.93. The molecule has 22 heavy (non-hydrogen) atoms. The van der Waals surface area contributed by atoms with Crippen LogP contribution in [0.5, 0.6) is 0 Å². The largest absolute Gasteiger partial charge is 0.381 e. The number of aromatic nitrogens is 2. The van der Waals surface area contributed by atoms with E-state index < -0.39 is 0 Å². The molecule has 0 unspecified atom stereocenters. The standard InChI is InChI=1S/C17H27N3O2/c1-4-20-14(3)15(13(2)18-20)6-9-19-11-17(7-5-16(19)21)8-10-22-12-17/h4-12H2,1-3H3/t17-/m1/s1. The van der Waals surface area contributed by atoms with Gasteiger partial charge < -0.3 is 9.64 Å². The van der Waals surface area contributed by atoms with Gasteiger partial charge in [-0.1, -0.05) is 0 Å². The molecular formula is C17H27N3O2. The lowest BCUT2D eigenvalue weighted by Crippen LogP contribution is -2.47. The Hall–Kier alpha value is -1.36. The lowest BCUT2D eigenvalue weighted by atomic mass is 9.79. The molecule has 3 heterocycles. The number of amides is 1. The van der Waals surface area contributed by atoms with Gasteiger partial charge in [0.05, 0.1) is 12.3 Å². The molecule has 2 saturated heterocycles. The summed E-state index contributed by atoms with van der Waals surface area (Å²) in [5, 5.41) is 4.58. The van der Waals surface area contributed by atoms with E-state index >= 15 is 0 Å². The molecule has 1 aromatic rings. The molecule has 2 aliphatic heterocycles. The van der Waals surface area contributed by atoms with Gasteiger partial charge in [-0.05, 0) is 45.6 Å². The van der Waals surface area contributed by atoms with Gasteiger partial charge in [0.15, 0.2) is 0 Å². The van der Waals surface area contributed by atoms with Crippen LogP contribution >= 0.6 is 0 Å². The minimum absolute atomic E-state index is 0.228. The van der Waals surface area contributed by atoms with Gasteiger partial charge in [-0.25, -0.2) is 0 Å². The number of hydrogen-bond donors (Lipinski definition) is 0. The van der Waals surface area contributed by atoms with Gasteiger partial charge in [-0.15, -0.1) is 0 Å². The number of carbonyl (C=O) groups is 1. The highest BCUT2D eigenvalue weighted by atomic mass is 16.5. The summed E-state index contributed by atoms with van der Waals surface area (Å²) in [5.41, 5.74) is 3.87. The molecule has 2 aliphatic rings. The molecule has 0 bridgehead atoms. The maximum absolute atomic E-state index is 12.3. The maximum atomic E-state index is 12.3. The minimum Gasteiger partial charge on any atom is -0.381 e. The number of piperidine rings is 1. The summed E-state index contributed by atoms with van der Waals surface area (Å²) in [6.45, 7) is 10.6. The summed E-state index contributed by atoms with van der Waals surface area (Å²) < 4.78 is 7.64. The number of nitrogens with zero attached hydrogens (tertiary/aromatic N) is 3. The first-order valence-electron chi connectivity index (χ1n) is 8.43. The van der Waals surface area contributed by atoms with Crippen LogP contribution in [0.2, 0.25) is 0 Å². The van der Waals surface area contributed by atoms with Crippen LogP contribution in [0.1, 0.15) is 43.1 Å². The summed E-state index contributed by atoms with van der Waals surface area (Å²) in [5.74, 6) is 0.302. The number of aryl methyl sites for hydroxylation is 2. The average Bonchev–Trinajstić information content (AvgIpc) is 3.06. The Kier molecular flexibility index (Phi) is 4.26. The Morgan fingerprint density at radius 3 is 2.77 bits per heavy atom. The lowest BCUT2D eigenvalue weighted by Gasteiger charge is -2.39. The molecule has 0 saturated carbocycles. The summed E-state index contributed by atoms with van der Waals surface area (Å²) in [6, 6.07) is 0. The van der Waals surface area contributed by atoms with Crippen molar-refractivity contribution >= 4 is 5.91 Å². The Balaban J connectivity index is 1.67. The Bertz CT molecular complexity index is 558. The third kappa shape index (κ3) is 2.78. The van der Waals surface area contributed by atoms with E-state index in [1.54, 1.807) is 0 Å². The second-order valence-electron chi connectivity index (χ2n) is 6.83. The predicted octanol–water partition coefficient (Wildman–Crippen LogP) is 2.09. The van der Waals surface area contributed by atoms with Gasteiger partial charge >= 0.3 is 0 Å². The van der Waals surface area contributed by atoms with Crippen LogP contribution in [0.3, 0.4) is 0 Å². The zero-order chi connectivity index (χ0) is 15.7. The highest BCUT2D eigenvalue weighted by molar-refractivity contribution is 5.77. The quantitative estimate of drug-likeness (QED) is 0.856. The van der Waals surface area contributed by atoms with Crippen molar-refractivity contribution in [2.24, 2.45) is 5.41 Å². The Morgan fingerprint density at radius 1 is 1.32 bits per heavy atom. The topological polar surface area (TPSA) is 47.4 Å². The number of likely N-dealkylation sites (tertiary alicyclic amines) is 1. The number of carbonyl (C=O) groups excluding carboxylic acids is 1. The van der Waals surface area contributed by atoms with Gasteiger partial charge in [0.1, 0.15) is 0 Å². The molecule has 0 radical (unpaired) electrons. The molecule has 0 N–H and O–H groups in total. The van der Waals surface area contributed by atoms with Crippen molar-refractivity contribution in [2.75, 3.05) is 26.3 Å². The molecule has 2 fully saturated rings. The third-order valence-corrected chi connectivity index (χ3v) is 5.40. The average molecular weight is 305 g/mol. The van der Waals surface area contributed by atoms with Gasteiger partial charge in [-0.2, -0.15) is 5.10 Å². The molecule has 1 spiro atoms. The van der Waals surface area contributed by atoms with Crippen LogP contribution < -0.4 is 0 Å². The monoisotopic (exact) mass is 305 g/mol. The molecule has 1 aromatic heterocycles. The van der Waals surface area contributed by atoms with Gasteiger partial charge in [-0.3, -0.25) is 9.48 Å². The molecule has 0 aliphatic carbocycles. The zero-order valence-corrected chi connectivity index (χ0v) is 14.0. The first kappa shape index (κ1) is 15.5. The van der Waals surface area contributed by atoms with Crippen LogP contribution in [0, 0.1) is 19.3 Å². The number of rotatable bonds is 4. The first-order valence-corrected chi connectivity index (χ1v) is 8.43. The third-order valence-electron chi connectivity index (χ3n) is 5.40. The highest BCUT2D eigenvalue weighted by Crippen LogP contribution is 2.38. The van der Waals surface area contributed by atoms with E-state index in [0.29, 0.717) is 12.3 Å². The van der Waals surface area contributed by atoms with Crippen LogP contribution in [0.25, 0.3) is 0 Å². The normalized spacial score (nSPS) is 25.4. The molecule has 0 aromatic carbocycles. The van der Waals surface area contributed by atoms with Gasteiger partial charge in [0, 0.05) is 43.8 Å². The highest BCUT2D eigenvalue weighted by Gasteiger charge is 2.41. The number of hydrogen-bond acceptors (Lipinski definition) is 3. The fourth-order valence-corrected chi connectivity index (χ4v) is 3.93. The molecule has 5 heteroatoms. The Morgan fingerprint density at radius 2 is 2.14 bits per heavy atom. The van der Waals surface area contributed by atoms with Crippen LogP contribution in [0.4, 0.5) is 0 Å². The summed E-state index contributed by atoms with van der Waals surface area (Å²) in [7, 11) is 0. The van der Waals surface area contributed by atoms with E-state index in [9.17, 15) is 4.79 Å². The first-order chi connectivity index (χ1) is 10.5. The molecule has 3 rings (SSSR count). The molecule has 1 amide bonds. The van der Waals surface area contributed by atoms with Crippen molar-refractivity contribution in [2.45, 2.75) is 53.0 Å². The van der Waals surface area contributed by atoms with Crippen molar-refractivity contribution < 1.29 is 9.53 Å². The van der Waals surface area contributed by atoms with E-state index in [-0.39, 0.29) is 5.41 Å². The zero-order valence-electron chi connectivity index (χ0n) is 14.0.